The highest BCUT2D eigenvalue weighted by molar-refractivity contribution is 5.82. The van der Waals surface area contributed by atoms with Crippen LogP contribution in [0.25, 0.3) is 0 Å². The molecule has 0 aliphatic carbocycles. The van der Waals surface area contributed by atoms with Crippen LogP contribution in [0.4, 0.5) is 0 Å². The van der Waals surface area contributed by atoms with E-state index < -0.39 is 17.7 Å². The third-order valence-electron chi connectivity index (χ3n) is 4.48. The highest BCUT2D eigenvalue weighted by atomic mass is 16.3. The lowest BCUT2D eigenvalue weighted by molar-refractivity contribution is -0.125. The van der Waals surface area contributed by atoms with Crippen LogP contribution < -0.4 is 11.1 Å². The van der Waals surface area contributed by atoms with Crippen LogP contribution >= 0.6 is 0 Å². The van der Waals surface area contributed by atoms with Gasteiger partial charge in [0.1, 0.15) is 5.60 Å². The van der Waals surface area contributed by atoms with E-state index in [0.29, 0.717) is 12.3 Å². The Balaban J connectivity index is 2.32. The molecule has 25 heavy (non-hydrogen) atoms. The molecule has 0 heterocycles. The number of aliphatic hydroxyl groups is 1. The minimum atomic E-state index is -1.34. The Kier molecular flexibility index (Phi) is 6.34. The summed E-state index contributed by atoms with van der Waals surface area (Å²) in [6, 6.07) is 17.6. The van der Waals surface area contributed by atoms with E-state index in [-0.39, 0.29) is 5.91 Å². The summed E-state index contributed by atoms with van der Waals surface area (Å²) in [6.45, 7) is 5.86. The summed E-state index contributed by atoms with van der Waals surface area (Å²) in [5.74, 6) is 0.0877. The topological polar surface area (TPSA) is 75.4 Å². The lowest BCUT2D eigenvalue weighted by Gasteiger charge is -2.36. The third-order valence-corrected chi connectivity index (χ3v) is 4.48. The van der Waals surface area contributed by atoms with E-state index in [1.165, 1.54) is 0 Å². The van der Waals surface area contributed by atoms with Crippen LogP contribution in [0.15, 0.2) is 60.7 Å². The maximum Gasteiger partial charge on any atom is 0.237 e. The van der Waals surface area contributed by atoms with Crippen molar-refractivity contribution in [2.45, 2.75) is 44.9 Å². The van der Waals surface area contributed by atoms with Gasteiger partial charge >= 0.3 is 0 Å². The molecule has 4 heteroatoms. The molecule has 0 fully saturated rings. The molecular weight excluding hydrogens is 312 g/mol. The highest BCUT2D eigenvalue weighted by Gasteiger charge is 2.38. The fourth-order valence-electron chi connectivity index (χ4n) is 3.09. The number of rotatable bonds is 7. The van der Waals surface area contributed by atoms with E-state index in [1.807, 2.05) is 74.5 Å². The van der Waals surface area contributed by atoms with Crippen LogP contribution in [-0.4, -0.2) is 23.1 Å². The number of carbonyl (C=O) groups excluding carboxylic acids is 1. The van der Waals surface area contributed by atoms with Gasteiger partial charge in [-0.2, -0.15) is 0 Å². The van der Waals surface area contributed by atoms with Crippen molar-refractivity contribution in [2.75, 3.05) is 0 Å². The summed E-state index contributed by atoms with van der Waals surface area (Å²) >= 11 is 0. The van der Waals surface area contributed by atoms with Crippen LogP contribution in [0.2, 0.25) is 0 Å². The van der Waals surface area contributed by atoms with Crippen LogP contribution in [0.3, 0.4) is 0 Å². The molecule has 2 atom stereocenters. The molecule has 0 aliphatic heterocycles. The average Bonchev–Trinajstić information content (AvgIpc) is 2.61. The molecule has 0 saturated carbocycles. The first kappa shape index (κ1) is 19.2. The number of hydrogen-bond acceptors (Lipinski definition) is 3. The fourth-order valence-corrected chi connectivity index (χ4v) is 3.09. The molecular formula is C21H28N2O2. The van der Waals surface area contributed by atoms with Gasteiger partial charge in [0, 0.05) is 0 Å². The van der Waals surface area contributed by atoms with Gasteiger partial charge in [-0.3, -0.25) is 4.79 Å². The number of hydrogen-bond donors (Lipinski definition) is 3. The standard InChI is InChI=1S/C21H28N2O2/c1-15(2)14-19(22)20(24)23-16(3)21(25,17-10-6-4-7-11-17)18-12-8-5-9-13-18/h4-13,15-16,19,25H,14,22H2,1-3H3,(H,23,24)/t16-,19-/m0/s1. The molecule has 0 aliphatic rings. The van der Waals surface area contributed by atoms with Crippen molar-refractivity contribution < 1.29 is 9.90 Å². The summed E-state index contributed by atoms with van der Waals surface area (Å²) in [5, 5.41) is 14.5. The lowest BCUT2D eigenvalue weighted by atomic mass is 9.80. The van der Waals surface area contributed by atoms with Gasteiger partial charge in [0.15, 0.2) is 0 Å². The largest absolute Gasteiger partial charge is 0.378 e. The quantitative estimate of drug-likeness (QED) is 0.725. The van der Waals surface area contributed by atoms with E-state index in [1.54, 1.807) is 6.92 Å². The Morgan fingerprint density at radius 1 is 1.00 bits per heavy atom. The van der Waals surface area contributed by atoms with Crippen molar-refractivity contribution in [3.8, 4) is 0 Å². The third kappa shape index (κ3) is 4.47. The van der Waals surface area contributed by atoms with Gasteiger partial charge in [0.2, 0.25) is 5.91 Å². The number of nitrogens with one attached hydrogen (secondary N) is 1. The van der Waals surface area contributed by atoms with Gasteiger partial charge in [0.25, 0.3) is 0 Å². The maximum absolute atomic E-state index is 12.5. The summed E-state index contributed by atoms with van der Waals surface area (Å²) in [6.07, 6.45) is 0.605. The molecule has 0 unspecified atom stereocenters. The molecule has 134 valence electrons. The summed E-state index contributed by atoms with van der Waals surface area (Å²) in [7, 11) is 0. The van der Waals surface area contributed by atoms with E-state index in [4.69, 9.17) is 5.73 Å². The number of carbonyl (C=O) groups is 1. The molecule has 4 nitrogen and oxygen atoms in total. The summed E-state index contributed by atoms with van der Waals surface area (Å²) in [5.41, 5.74) is 6.11. The monoisotopic (exact) mass is 340 g/mol. The van der Waals surface area contributed by atoms with Gasteiger partial charge in [-0.1, -0.05) is 74.5 Å². The van der Waals surface area contributed by atoms with Crippen molar-refractivity contribution in [3.63, 3.8) is 0 Å². The first-order valence-electron chi connectivity index (χ1n) is 8.75. The zero-order chi connectivity index (χ0) is 18.4. The molecule has 2 aromatic rings. The van der Waals surface area contributed by atoms with Crippen molar-refractivity contribution >= 4 is 5.91 Å². The van der Waals surface area contributed by atoms with E-state index in [9.17, 15) is 9.90 Å². The van der Waals surface area contributed by atoms with Crippen LogP contribution in [0, 0.1) is 5.92 Å². The van der Waals surface area contributed by atoms with Gasteiger partial charge in [-0.25, -0.2) is 0 Å². The smallest absolute Gasteiger partial charge is 0.237 e. The van der Waals surface area contributed by atoms with Crippen molar-refractivity contribution in [2.24, 2.45) is 11.7 Å². The molecule has 2 aromatic carbocycles. The average molecular weight is 340 g/mol. The van der Waals surface area contributed by atoms with Crippen molar-refractivity contribution in [1.29, 1.82) is 0 Å². The Labute approximate surface area is 150 Å². The highest BCUT2D eigenvalue weighted by Crippen LogP contribution is 2.33. The van der Waals surface area contributed by atoms with Crippen molar-refractivity contribution in [1.82, 2.24) is 5.32 Å². The van der Waals surface area contributed by atoms with Crippen molar-refractivity contribution in [3.05, 3.63) is 71.8 Å². The lowest BCUT2D eigenvalue weighted by Crippen LogP contribution is -2.53. The Bertz CT molecular complexity index is 631. The van der Waals surface area contributed by atoms with E-state index in [0.717, 1.165) is 11.1 Å². The van der Waals surface area contributed by atoms with Crippen LogP contribution in [0.1, 0.15) is 38.3 Å². The number of benzene rings is 2. The van der Waals surface area contributed by atoms with E-state index >= 15 is 0 Å². The summed E-state index contributed by atoms with van der Waals surface area (Å²) < 4.78 is 0. The van der Waals surface area contributed by atoms with Crippen LogP contribution in [0.5, 0.6) is 0 Å². The Morgan fingerprint density at radius 2 is 1.44 bits per heavy atom. The van der Waals surface area contributed by atoms with Gasteiger partial charge in [0.05, 0.1) is 12.1 Å². The van der Waals surface area contributed by atoms with E-state index in [2.05, 4.69) is 5.32 Å². The second-order valence-electron chi connectivity index (χ2n) is 6.96. The second-order valence-corrected chi connectivity index (χ2v) is 6.96. The van der Waals surface area contributed by atoms with Gasteiger partial charge < -0.3 is 16.2 Å². The molecule has 0 bridgehead atoms. The minimum Gasteiger partial charge on any atom is -0.378 e. The molecule has 0 radical (unpaired) electrons. The molecule has 0 saturated heterocycles. The zero-order valence-corrected chi connectivity index (χ0v) is 15.1. The second kappa shape index (κ2) is 8.28. The van der Waals surface area contributed by atoms with Gasteiger partial charge in [-0.05, 0) is 30.4 Å². The molecule has 0 aromatic heterocycles. The maximum atomic E-state index is 12.5. The number of amides is 1. The predicted octanol–water partition coefficient (Wildman–Crippen LogP) is 2.80. The first-order chi connectivity index (χ1) is 11.9. The molecule has 0 spiro atoms. The SMILES string of the molecule is CC(C)C[C@H](N)C(=O)N[C@@H](C)C(O)(c1ccccc1)c1ccccc1. The van der Waals surface area contributed by atoms with Gasteiger partial charge in [-0.15, -0.1) is 0 Å². The first-order valence-corrected chi connectivity index (χ1v) is 8.75. The zero-order valence-electron chi connectivity index (χ0n) is 15.1. The number of nitrogens with two attached hydrogens (primary N) is 1. The molecule has 4 N–H and O–H groups in total. The molecule has 1 amide bonds. The summed E-state index contributed by atoms with van der Waals surface area (Å²) in [4.78, 5) is 12.5. The van der Waals surface area contributed by atoms with Crippen LogP contribution in [-0.2, 0) is 10.4 Å². The Morgan fingerprint density at radius 3 is 1.84 bits per heavy atom. The predicted molar refractivity (Wildman–Crippen MR) is 101 cm³/mol. The molecule has 2 rings (SSSR count). The Hall–Kier alpha value is -2.17. The minimum absolute atomic E-state index is 0.244. The fraction of sp³-hybridized carbons (Fsp3) is 0.381. The normalized spacial score (nSPS) is 14.2.